The van der Waals surface area contributed by atoms with E-state index in [2.05, 4.69) is 18.9 Å². The first-order valence-corrected chi connectivity index (χ1v) is 7.79. The molecule has 1 fully saturated rings. The van der Waals surface area contributed by atoms with Gasteiger partial charge in [0.15, 0.2) is 0 Å². The van der Waals surface area contributed by atoms with Crippen LogP contribution in [-0.2, 0) is 4.74 Å². The lowest BCUT2D eigenvalue weighted by atomic mass is 10.0. The molecule has 1 aliphatic heterocycles. The van der Waals surface area contributed by atoms with Gasteiger partial charge in [-0.2, -0.15) is 0 Å². The Morgan fingerprint density at radius 2 is 2.06 bits per heavy atom. The van der Waals surface area contributed by atoms with Crippen LogP contribution in [0.2, 0.25) is 0 Å². The zero-order valence-corrected chi connectivity index (χ0v) is 12.4. The van der Waals surface area contributed by atoms with Crippen molar-refractivity contribution >= 4 is 0 Å². The van der Waals surface area contributed by atoms with Crippen LogP contribution in [0.4, 0.5) is 0 Å². The van der Waals surface area contributed by atoms with E-state index in [1.807, 2.05) is 0 Å². The van der Waals surface area contributed by atoms with Gasteiger partial charge >= 0.3 is 0 Å². The number of likely N-dealkylation sites (N-methyl/N-ethyl adjacent to an activating group) is 1. The van der Waals surface area contributed by atoms with E-state index in [-0.39, 0.29) is 0 Å². The zero-order valence-electron chi connectivity index (χ0n) is 12.4. The molecule has 2 unspecified atom stereocenters. The van der Waals surface area contributed by atoms with Crippen LogP contribution in [0, 0.1) is 0 Å². The summed E-state index contributed by atoms with van der Waals surface area (Å²) in [5, 5.41) is 0. The van der Waals surface area contributed by atoms with Gasteiger partial charge in [-0.05, 0) is 26.3 Å². The molecule has 1 saturated heterocycles. The fourth-order valence-electron chi connectivity index (χ4n) is 2.76. The Labute approximate surface area is 113 Å². The Kier molecular flexibility index (Phi) is 8.64. The molecule has 2 N–H and O–H groups in total. The van der Waals surface area contributed by atoms with Crippen LogP contribution in [0.1, 0.15) is 58.3 Å². The Balaban J connectivity index is 2.13. The second-order valence-electron chi connectivity index (χ2n) is 5.67. The molecule has 0 aromatic carbocycles. The first-order valence-electron chi connectivity index (χ1n) is 7.79. The van der Waals surface area contributed by atoms with Crippen molar-refractivity contribution in [2.24, 2.45) is 5.73 Å². The van der Waals surface area contributed by atoms with Crippen molar-refractivity contribution < 1.29 is 4.74 Å². The molecule has 0 saturated carbocycles. The third-order valence-electron chi connectivity index (χ3n) is 4.05. The van der Waals surface area contributed by atoms with Gasteiger partial charge in [-0.3, -0.25) is 4.90 Å². The molecule has 108 valence electrons. The molecule has 0 aromatic rings. The molecule has 18 heavy (non-hydrogen) atoms. The first-order chi connectivity index (χ1) is 8.77. The molecule has 1 aliphatic rings. The highest BCUT2D eigenvalue weighted by Gasteiger charge is 2.20. The summed E-state index contributed by atoms with van der Waals surface area (Å²) in [7, 11) is 2.20. The van der Waals surface area contributed by atoms with Gasteiger partial charge < -0.3 is 10.5 Å². The number of nitrogens with zero attached hydrogens (tertiary/aromatic N) is 1. The molecule has 0 spiro atoms. The van der Waals surface area contributed by atoms with Gasteiger partial charge in [0.2, 0.25) is 0 Å². The molecule has 2 atom stereocenters. The average Bonchev–Trinajstić information content (AvgIpc) is 2.86. The minimum absolute atomic E-state index is 0.448. The van der Waals surface area contributed by atoms with E-state index in [1.54, 1.807) is 0 Å². The third-order valence-corrected chi connectivity index (χ3v) is 4.05. The molecule has 0 aromatic heterocycles. The van der Waals surface area contributed by atoms with Crippen molar-refractivity contribution in [2.45, 2.75) is 70.4 Å². The summed E-state index contributed by atoms with van der Waals surface area (Å²) >= 11 is 0. The van der Waals surface area contributed by atoms with Crippen LogP contribution in [0.15, 0.2) is 0 Å². The monoisotopic (exact) mass is 256 g/mol. The fourth-order valence-corrected chi connectivity index (χ4v) is 2.76. The SMILES string of the molecule is CCCCCCCC(CN)N(C)CC1CCCO1. The van der Waals surface area contributed by atoms with Gasteiger partial charge in [-0.15, -0.1) is 0 Å². The predicted molar refractivity (Wildman–Crippen MR) is 77.8 cm³/mol. The third kappa shape index (κ3) is 6.17. The second-order valence-corrected chi connectivity index (χ2v) is 5.67. The molecule has 1 heterocycles. The topological polar surface area (TPSA) is 38.5 Å². The van der Waals surface area contributed by atoms with E-state index < -0.39 is 0 Å². The van der Waals surface area contributed by atoms with E-state index in [0.717, 1.165) is 19.7 Å². The summed E-state index contributed by atoms with van der Waals surface area (Å²) < 4.78 is 5.69. The maximum atomic E-state index is 5.91. The lowest BCUT2D eigenvalue weighted by molar-refractivity contribution is 0.0672. The Bertz CT molecular complexity index is 193. The van der Waals surface area contributed by atoms with Crippen LogP contribution in [0.5, 0.6) is 0 Å². The standard InChI is InChI=1S/C15H32N2O/c1-3-4-5-6-7-9-14(12-16)17(2)13-15-10-8-11-18-15/h14-15H,3-13,16H2,1-2H3. The van der Waals surface area contributed by atoms with Gasteiger partial charge in [-0.1, -0.05) is 39.0 Å². The molecule has 0 bridgehead atoms. The average molecular weight is 256 g/mol. The highest BCUT2D eigenvalue weighted by molar-refractivity contribution is 4.75. The summed E-state index contributed by atoms with van der Waals surface area (Å²) in [5.74, 6) is 0. The van der Waals surface area contributed by atoms with Crippen LogP contribution >= 0.6 is 0 Å². The minimum atomic E-state index is 0.448. The Morgan fingerprint density at radius 1 is 1.28 bits per heavy atom. The molecule has 1 rings (SSSR count). The quantitative estimate of drug-likeness (QED) is 0.611. The molecule has 0 radical (unpaired) electrons. The second kappa shape index (κ2) is 9.76. The van der Waals surface area contributed by atoms with Crippen molar-refractivity contribution in [3.8, 4) is 0 Å². The summed E-state index contributed by atoms with van der Waals surface area (Å²) in [6.45, 7) is 5.04. The Hall–Kier alpha value is -0.120. The highest BCUT2D eigenvalue weighted by atomic mass is 16.5. The van der Waals surface area contributed by atoms with Crippen molar-refractivity contribution in [3.05, 3.63) is 0 Å². The van der Waals surface area contributed by atoms with Gasteiger partial charge in [0.1, 0.15) is 0 Å². The van der Waals surface area contributed by atoms with Crippen molar-refractivity contribution in [3.63, 3.8) is 0 Å². The predicted octanol–water partition coefficient (Wildman–Crippen LogP) is 2.79. The molecular weight excluding hydrogens is 224 g/mol. The molecule has 0 aliphatic carbocycles. The zero-order chi connectivity index (χ0) is 13.2. The number of unbranched alkanes of at least 4 members (excludes halogenated alkanes) is 4. The van der Waals surface area contributed by atoms with Gasteiger partial charge in [0.25, 0.3) is 0 Å². The lowest BCUT2D eigenvalue weighted by Crippen LogP contribution is -2.41. The summed E-state index contributed by atoms with van der Waals surface area (Å²) in [4.78, 5) is 2.41. The van der Waals surface area contributed by atoms with Gasteiger partial charge in [0.05, 0.1) is 6.10 Å². The number of hydrogen-bond donors (Lipinski definition) is 1. The van der Waals surface area contributed by atoms with Crippen molar-refractivity contribution in [2.75, 3.05) is 26.7 Å². The molecule has 0 amide bonds. The Morgan fingerprint density at radius 3 is 2.67 bits per heavy atom. The van der Waals surface area contributed by atoms with E-state index >= 15 is 0 Å². The maximum Gasteiger partial charge on any atom is 0.0702 e. The number of hydrogen-bond acceptors (Lipinski definition) is 3. The van der Waals surface area contributed by atoms with E-state index in [1.165, 1.54) is 51.4 Å². The summed E-state index contributed by atoms with van der Waals surface area (Å²) in [6.07, 6.45) is 10.9. The molecule has 3 nitrogen and oxygen atoms in total. The van der Waals surface area contributed by atoms with Gasteiger partial charge in [0, 0.05) is 25.7 Å². The van der Waals surface area contributed by atoms with E-state index in [0.29, 0.717) is 12.1 Å². The number of ether oxygens (including phenoxy) is 1. The number of rotatable bonds is 10. The molecular formula is C15H32N2O. The van der Waals surface area contributed by atoms with E-state index in [4.69, 9.17) is 10.5 Å². The summed E-state index contributed by atoms with van der Waals surface area (Å²) in [6, 6.07) is 0.538. The normalized spacial score (nSPS) is 21.7. The van der Waals surface area contributed by atoms with Crippen LogP contribution in [-0.4, -0.2) is 43.8 Å². The highest BCUT2D eigenvalue weighted by Crippen LogP contribution is 2.16. The van der Waals surface area contributed by atoms with E-state index in [9.17, 15) is 0 Å². The smallest absolute Gasteiger partial charge is 0.0702 e. The largest absolute Gasteiger partial charge is 0.377 e. The van der Waals surface area contributed by atoms with Crippen LogP contribution in [0.3, 0.4) is 0 Å². The fraction of sp³-hybridized carbons (Fsp3) is 1.00. The minimum Gasteiger partial charge on any atom is -0.377 e. The summed E-state index contributed by atoms with van der Waals surface area (Å²) in [5.41, 5.74) is 5.91. The number of nitrogens with two attached hydrogens (primary N) is 1. The van der Waals surface area contributed by atoms with Crippen molar-refractivity contribution in [1.82, 2.24) is 4.90 Å². The lowest BCUT2D eigenvalue weighted by Gasteiger charge is -2.29. The van der Waals surface area contributed by atoms with Gasteiger partial charge in [-0.25, -0.2) is 0 Å². The van der Waals surface area contributed by atoms with Crippen LogP contribution in [0.25, 0.3) is 0 Å². The first kappa shape index (κ1) is 15.9. The van der Waals surface area contributed by atoms with Crippen LogP contribution < -0.4 is 5.73 Å². The maximum absolute atomic E-state index is 5.91. The van der Waals surface area contributed by atoms with Crippen molar-refractivity contribution in [1.29, 1.82) is 0 Å². The molecule has 3 heteroatoms.